The third-order valence-electron chi connectivity index (χ3n) is 6.59. The van der Waals surface area contributed by atoms with Crippen molar-refractivity contribution in [3.63, 3.8) is 0 Å². The van der Waals surface area contributed by atoms with Crippen LogP contribution in [0.2, 0.25) is 0 Å². The monoisotopic (exact) mass is 430 g/mol. The number of methoxy groups -OCH3 is 1. The molecule has 1 heterocycles. The van der Waals surface area contributed by atoms with Crippen molar-refractivity contribution in [1.82, 2.24) is 4.90 Å². The quantitative estimate of drug-likeness (QED) is 0.487. The molecule has 1 saturated carbocycles. The molecule has 1 saturated heterocycles. The van der Waals surface area contributed by atoms with E-state index in [9.17, 15) is 18.3 Å². The van der Waals surface area contributed by atoms with Crippen LogP contribution in [0.3, 0.4) is 0 Å². The van der Waals surface area contributed by atoms with Gasteiger partial charge in [-0.15, -0.1) is 0 Å². The summed E-state index contributed by atoms with van der Waals surface area (Å²) in [5, 5.41) is 13.1. The van der Waals surface area contributed by atoms with Crippen LogP contribution in [0.1, 0.15) is 51.0 Å². The fraction of sp³-hybridized carbons (Fsp3) is 0.727. The summed E-state index contributed by atoms with van der Waals surface area (Å²) in [6.07, 6.45) is 1.78. The minimum absolute atomic E-state index is 0.0490. The molecule has 2 N–H and O–H groups in total. The Labute approximate surface area is 176 Å². The maximum Gasteiger partial charge on any atom is 0.416 e. The molecule has 0 atom stereocenters. The van der Waals surface area contributed by atoms with E-state index in [2.05, 4.69) is 17.1 Å². The molecule has 170 valence electrons. The summed E-state index contributed by atoms with van der Waals surface area (Å²) >= 11 is 0. The molecule has 2 aliphatic rings. The van der Waals surface area contributed by atoms with Gasteiger partial charge in [0.25, 0.3) is 0 Å². The smallest absolute Gasteiger partial charge is 0.416 e. The Bertz CT molecular complexity index is 683. The van der Waals surface area contributed by atoms with E-state index in [0.29, 0.717) is 19.3 Å². The van der Waals surface area contributed by atoms with Crippen molar-refractivity contribution in [2.45, 2.75) is 69.3 Å². The van der Waals surface area contributed by atoms with Gasteiger partial charge in [0.15, 0.2) is 0 Å². The standard InChI is InChI=1S/C22H33F3N2O3/c1-21(9-5-18(6-10-21)30-14-13-29-2)27-11-7-17(8-12-27)26-19-15-16(22(23,24)25)3-4-20(19)28/h3-4,15,17-18,26,28H,5-14H2,1-2H3. The molecule has 0 unspecified atom stereocenters. The number of anilines is 1. The van der Waals surface area contributed by atoms with Crippen molar-refractivity contribution in [2.75, 3.05) is 38.7 Å². The van der Waals surface area contributed by atoms with Crippen LogP contribution in [-0.2, 0) is 15.7 Å². The first kappa shape index (κ1) is 23.2. The van der Waals surface area contributed by atoms with Crippen molar-refractivity contribution in [2.24, 2.45) is 0 Å². The first-order chi connectivity index (χ1) is 14.2. The number of rotatable bonds is 7. The van der Waals surface area contributed by atoms with Gasteiger partial charge in [-0.3, -0.25) is 4.90 Å². The molecule has 0 amide bonds. The van der Waals surface area contributed by atoms with Crippen LogP contribution >= 0.6 is 0 Å². The molecule has 1 aromatic carbocycles. The average Bonchev–Trinajstić information content (AvgIpc) is 2.71. The van der Waals surface area contributed by atoms with Crippen molar-refractivity contribution in [3.8, 4) is 5.75 Å². The molecule has 30 heavy (non-hydrogen) atoms. The summed E-state index contributed by atoms with van der Waals surface area (Å²) in [5.41, 5.74) is -0.454. The minimum atomic E-state index is -4.42. The Morgan fingerprint density at radius 1 is 1.13 bits per heavy atom. The summed E-state index contributed by atoms with van der Waals surface area (Å²) in [5.74, 6) is -0.149. The predicted molar refractivity (Wildman–Crippen MR) is 110 cm³/mol. The van der Waals surface area contributed by atoms with Gasteiger partial charge < -0.3 is 19.9 Å². The Balaban J connectivity index is 1.50. The number of nitrogens with zero attached hydrogens (tertiary/aromatic N) is 1. The summed E-state index contributed by atoms with van der Waals surface area (Å²) in [4.78, 5) is 2.52. The molecule has 2 fully saturated rings. The van der Waals surface area contributed by atoms with Crippen LogP contribution in [0.15, 0.2) is 18.2 Å². The van der Waals surface area contributed by atoms with E-state index in [4.69, 9.17) is 9.47 Å². The summed E-state index contributed by atoms with van der Waals surface area (Å²) in [6.45, 7) is 5.35. The number of phenolic OH excluding ortho intramolecular Hbond substituents is 1. The van der Waals surface area contributed by atoms with Crippen molar-refractivity contribution < 1.29 is 27.8 Å². The van der Waals surface area contributed by atoms with Gasteiger partial charge in [0, 0.05) is 31.8 Å². The van der Waals surface area contributed by atoms with Gasteiger partial charge in [-0.1, -0.05) is 0 Å². The largest absolute Gasteiger partial charge is 0.506 e. The Hall–Kier alpha value is -1.51. The van der Waals surface area contributed by atoms with E-state index >= 15 is 0 Å². The zero-order valence-corrected chi connectivity index (χ0v) is 17.8. The number of halogens is 3. The highest BCUT2D eigenvalue weighted by molar-refractivity contribution is 5.58. The number of hydrogen-bond acceptors (Lipinski definition) is 5. The van der Waals surface area contributed by atoms with E-state index < -0.39 is 11.7 Å². The second kappa shape index (κ2) is 9.75. The number of benzene rings is 1. The first-order valence-electron chi connectivity index (χ1n) is 10.7. The average molecular weight is 431 g/mol. The molecule has 1 aromatic rings. The van der Waals surface area contributed by atoms with Crippen LogP contribution in [0.25, 0.3) is 0 Å². The molecular weight excluding hydrogens is 397 g/mol. The lowest BCUT2D eigenvalue weighted by molar-refractivity contribution is -0.137. The topological polar surface area (TPSA) is 54.0 Å². The van der Waals surface area contributed by atoms with E-state index in [1.807, 2.05) is 0 Å². The molecular formula is C22H33F3N2O3. The highest BCUT2D eigenvalue weighted by atomic mass is 19.4. The second-order valence-corrected chi connectivity index (χ2v) is 8.70. The van der Waals surface area contributed by atoms with Crippen LogP contribution in [0, 0.1) is 0 Å². The van der Waals surface area contributed by atoms with Crippen LogP contribution < -0.4 is 5.32 Å². The molecule has 0 aromatic heterocycles. The highest BCUT2D eigenvalue weighted by Gasteiger charge is 2.38. The second-order valence-electron chi connectivity index (χ2n) is 8.70. The fourth-order valence-corrected chi connectivity index (χ4v) is 4.61. The summed E-state index contributed by atoms with van der Waals surface area (Å²) in [6, 6.07) is 3.05. The maximum absolute atomic E-state index is 13.0. The Kier molecular flexibility index (Phi) is 7.52. The third-order valence-corrected chi connectivity index (χ3v) is 6.59. The van der Waals surface area contributed by atoms with E-state index in [0.717, 1.165) is 69.8 Å². The number of nitrogens with one attached hydrogen (secondary N) is 1. The lowest BCUT2D eigenvalue weighted by Crippen LogP contribution is -2.53. The van der Waals surface area contributed by atoms with Crippen molar-refractivity contribution in [3.05, 3.63) is 23.8 Å². The molecule has 1 aliphatic carbocycles. The Morgan fingerprint density at radius 3 is 2.40 bits per heavy atom. The van der Waals surface area contributed by atoms with Gasteiger partial charge in [0.1, 0.15) is 5.75 Å². The predicted octanol–water partition coefficient (Wildman–Crippen LogP) is 4.65. The highest BCUT2D eigenvalue weighted by Crippen LogP contribution is 2.38. The van der Waals surface area contributed by atoms with Crippen LogP contribution in [0.4, 0.5) is 18.9 Å². The molecule has 1 aliphatic heterocycles. The van der Waals surface area contributed by atoms with E-state index in [-0.39, 0.29) is 23.0 Å². The molecule has 5 nitrogen and oxygen atoms in total. The molecule has 3 rings (SSSR count). The lowest BCUT2D eigenvalue weighted by Gasteiger charge is -2.48. The zero-order chi connectivity index (χ0) is 21.8. The Morgan fingerprint density at radius 2 is 1.80 bits per heavy atom. The third kappa shape index (κ3) is 5.80. The van der Waals surface area contributed by atoms with E-state index in [1.54, 1.807) is 7.11 Å². The number of likely N-dealkylation sites (tertiary alicyclic amines) is 1. The summed E-state index contributed by atoms with van der Waals surface area (Å²) in [7, 11) is 1.67. The maximum atomic E-state index is 13.0. The number of aromatic hydroxyl groups is 1. The minimum Gasteiger partial charge on any atom is -0.506 e. The van der Waals surface area contributed by atoms with Gasteiger partial charge in [-0.25, -0.2) is 0 Å². The van der Waals surface area contributed by atoms with Gasteiger partial charge >= 0.3 is 6.18 Å². The normalized spacial score (nSPS) is 26.6. The zero-order valence-electron chi connectivity index (χ0n) is 17.8. The lowest BCUT2D eigenvalue weighted by atomic mass is 9.79. The molecule has 8 heteroatoms. The van der Waals surface area contributed by atoms with Gasteiger partial charge in [-0.05, 0) is 63.6 Å². The van der Waals surface area contributed by atoms with Crippen LogP contribution in [-0.4, -0.2) is 61.1 Å². The number of alkyl halides is 3. The summed E-state index contributed by atoms with van der Waals surface area (Å²) < 4.78 is 49.8. The number of phenols is 1. The molecule has 0 radical (unpaired) electrons. The van der Waals surface area contributed by atoms with Crippen molar-refractivity contribution in [1.29, 1.82) is 0 Å². The molecule has 0 spiro atoms. The first-order valence-corrected chi connectivity index (χ1v) is 10.7. The fourth-order valence-electron chi connectivity index (χ4n) is 4.61. The van der Waals surface area contributed by atoms with Gasteiger partial charge in [0.05, 0.1) is 30.6 Å². The van der Waals surface area contributed by atoms with Gasteiger partial charge in [-0.2, -0.15) is 13.2 Å². The number of ether oxygens (including phenoxy) is 2. The number of hydrogen-bond donors (Lipinski definition) is 2. The van der Waals surface area contributed by atoms with Crippen LogP contribution in [0.5, 0.6) is 5.75 Å². The van der Waals surface area contributed by atoms with Gasteiger partial charge in [0.2, 0.25) is 0 Å². The SMILES string of the molecule is COCCOC1CCC(C)(N2CCC(Nc3cc(C(F)(F)F)ccc3O)CC2)CC1. The molecule has 0 bridgehead atoms. The van der Waals surface area contributed by atoms with E-state index in [1.165, 1.54) is 0 Å². The van der Waals surface area contributed by atoms with Crippen molar-refractivity contribution >= 4 is 5.69 Å². The number of piperidine rings is 1.